The predicted octanol–water partition coefficient (Wildman–Crippen LogP) is 0.700. The third kappa shape index (κ3) is 2.51. The predicted molar refractivity (Wildman–Crippen MR) is 62.2 cm³/mol. The van der Waals surface area contributed by atoms with Crippen LogP contribution in [0.15, 0.2) is 39.5 Å². The maximum atomic E-state index is 11.1. The quantitative estimate of drug-likeness (QED) is 0.743. The van der Waals surface area contributed by atoms with Crippen LogP contribution in [0.25, 0.3) is 11.0 Å². The van der Waals surface area contributed by atoms with Crippen molar-refractivity contribution in [1.82, 2.24) is 0 Å². The molecule has 0 saturated carbocycles. The van der Waals surface area contributed by atoms with Crippen LogP contribution in [0.2, 0.25) is 0 Å². The minimum atomic E-state index is -1.27. The summed E-state index contributed by atoms with van der Waals surface area (Å²) in [5, 5.41) is 11.5. The average molecular weight is 247 g/mol. The lowest BCUT2D eigenvalue weighted by Gasteiger charge is -2.18. The van der Waals surface area contributed by atoms with Gasteiger partial charge in [0.15, 0.2) is 0 Å². The first-order chi connectivity index (χ1) is 8.60. The Morgan fingerprint density at radius 1 is 1.39 bits per heavy atom. The smallest absolute Gasteiger partial charge is 0.336 e. The number of ether oxygens (including phenoxy) is 1. The highest BCUT2D eigenvalue weighted by Crippen LogP contribution is 2.20. The lowest BCUT2D eigenvalue weighted by atomic mass is 10.2. The van der Waals surface area contributed by atoms with Gasteiger partial charge in [-0.15, -0.1) is 0 Å². The van der Waals surface area contributed by atoms with Gasteiger partial charge in [-0.1, -0.05) is 6.92 Å². The maximum absolute atomic E-state index is 11.1. The van der Waals surface area contributed by atoms with Crippen molar-refractivity contribution in [2.45, 2.75) is 19.4 Å². The van der Waals surface area contributed by atoms with Gasteiger partial charge >= 0.3 is 5.63 Å². The summed E-state index contributed by atoms with van der Waals surface area (Å²) in [6.45, 7) is 1.68. The first-order valence-electron chi connectivity index (χ1n) is 5.51. The third-order valence-electron chi connectivity index (χ3n) is 2.51. The lowest BCUT2D eigenvalue weighted by molar-refractivity contribution is -0.313. The summed E-state index contributed by atoms with van der Waals surface area (Å²) in [7, 11) is 0. The van der Waals surface area contributed by atoms with Crippen LogP contribution in [0.3, 0.4) is 0 Å². The largest absolute Gasteiger partial charge is 0.546 e. The molecule has 0 radical (unpaired) electrons. The number of carboxylic acid groups (broad SMARTS) is 1. The molecule has 0 spiro atoms. The van der Waals surface area contributed by atoms with E-state index in [2.05, 4.69) is 0 Å². The van der Waals surface area contributed by atoms with E-state index in [1.54, 1.807) is 25.1 Å². The molecule has 1 aromatic carbocycles. The van der Waals surface area contributed by atoms with Crippen molar-refractivity contribution in [3.05, 3.63) is 40.8 Å². The monoisotopic (exact) mass is 247 g/mol. The van der Waals surface area contributed by atoms with Crippen LogP contribution in [-0.4, -0.2) is 12.1 Å². The van der Waals surface area contributed by atoms with Crippen LogP contribution in [-0.2, 0) is 4.79 Å². The molecular formula is C13H11O5-. The van der Waals surface area contributed by atoms with E-state index in [4.69, 9.17) is 9.15 Å². The van der Waals surface area contributed by atoms with Crippen LogP contribution >= 0.6 is 0 Å². The zero-order chi connectivity index (χ0) is 13.1. The van der Waals surface area contributed by atoms with Gasteiger partial charge in [0, 0.05) is 17.5 Å². The van der Waals surface area contributed by atoms with Gasteiger partial charge in [0.05, 0.1) is 5.97 Å². The molecule has 0 fully saturated rings. The molecule has 0 saturated heterocycles. The van der Waals surface area contributed by atoms with Crippen molar-refractivity contribution in [3.63, 3.8) is 0 Å². The van der Waals surface area contributed by atoms with E-state index in [1.807, 2.05) is 0 Å². The van der Waals surface area contributed by atoms with E-state index in [-0.39, 0.29) is 0 Å². The molecule has 18 heavy (non-hydrogen) atoms. The van der Waals surface area contributed by atoms with Gasteiger partial charge in [0.1, 0.15) is 17.4 Å². The van der Waals surface area contributed by atoms with Gasteiger partial charge in [0.2, 0.25) is 0 Å². The molecule has 0 aliphatic carbocycles. The summed E-state index contributed by atoms with van der Waals surface area (Å²) in [5.74, 6) is -0.944. The van der Waals surface area contributed by atoms with E-state index in [9.17, 15) is 14.7 Å². The van der Waals surface area contributed by atoms with Gasteiger partial charge < -0.3 is 19.1 Å². The third-order valence-corrected chi connectivity index (χ3v) is 2.51. The number of carbonyl (C=O) groups is 1. The number of carbonyl (C=O) groups excluding carboxylic acids is 1. The van der Waals surface area contributed by atoms with Crippen molar-refractivity contribution in [3.8, 4) is 5.75 Å². The molecule has 0 bridgehead atoms. The Labute approximate surface area is 103 Å². The van der Waals surface area contributed by atoms with Crippen LogP contribution in [0.1, 0.15) is 13.3 Å². The van der Waals surface area contributed by atoms with E-state index < -0.39 is 17.7 Å². The Hall–Kier alpha value is -2.30. The van der Waals surface area contributed by atoms with Crippen LogP contribution < -0.4 is 15.5 Å². The summed E-state index contributed by atoms with van der Waals surface area (Å²) in [6.07, 6.45) is -0.725. The summed E-state index contributed by atoms with van der Waals surface area (Å²) >= 11 is 0. The maximum Gasteiger partial charge on any atom is 0.336 e. The topological polar surface area (TPSA) is 79.6 Å². The fourth-order valence-electron chi connectivity index (χ4n) is 1.58. The normalized spacial score (nSPS) is 12.3. The summed E-state index contributed by atoms with van der Waals surface area (Å²) in [5.41, 5.74) is -0.111. The molecule has 2 aromatic rings. The van der Waals surface area contributed by atoms with Crippen molar-refractivity contribution in [2.75, 3.05) is 0 Å². The van der Waals surface area contributed by atoms with Crippen LogP contribution in [0.4, 0.5) is 0 Å². The molecule has 5 heteroatoms. The molecule has 1 aromatic heterocycles. The molecule has 94 valence electrons. The first-order valence-corrected chi connectivity index (χ1v) is 5.51. The number of hydrogen-bond acceptors (Lipinski definition) is 5. The second-order valence-corrected chi connectivity index (χ2v) is 3.79. The molecule has 2 rings (SSSR count). The van der Waals surface area contributed by atoms with Gasteiger partial charge in [0.25, 0.3) is 0 Å². The molecule has 0 N–H and O–H groups in total. The number of rotatable bonds is 4. The van der Waals surface area contributed by atoms with E-state index in [0.717, 1.165) is 5.39 Å². The van der Waals surface area contributed by atoms with Gasteiger partial charge in [-0.3, -0.25) is 0 Å². The summed E-state index contributed by atoms with van der Waals surface area (Å²) in [6, 6.07) is 7.74. The highest BCUT2D eigenvalue weighted by atomic mass is 16.5. The molecule has 0 amide bonds. The Kier molecular flexibility index (Phi) is 3.32. The highest BCUT2D eigenvalue weighted by molar-refractivity contribution is 5.78. The van der Waals surface area contributed by atoms with Crippen LogP contribution in [0, 0.1) is 0 Å². The highest BCUT2D eigenvalue weighted by Gasteiger charge is 2.09. The SMILES string of the molecule is CC[C@@H](Oc1ccc2ccc(=O)oc2c1)C(=O)[O-]. The molecule has 0 aliphatic heterocycles. The summed E-state index contributed by atoms with van der Waals surface area (Å²) in [4.78, 5) is 21.8. The number of fused-ring (bicyclic) bond motifs is 1. The molecule has 0 unspecified atom stereocenters. The Balaban J connectivity index is 2.34. The fraction of sp³-hybridized carbons (Fsp3) is 0.231. The number of benzene rings is 1. The molecule has 1 heterocycles. The van der Waals surface area contributed by atoms with Crippen molar-refractivity contribution in [2.24, 2.45) is 0 Å². The van der Waals surface area contributed by atoms with E-state index in [1.165, 1.54) is 12.1 Å². The zero-order valence-corrected chi connectivity index (χ0v) is 9.71. The second-order valence-electron chi connectivity index (χ2n) is 3.79. The van der Waals surface area contributed by atoms with Gasteiger partial charge in [-0.05, 0) is 24.6 Å². The minimum absolute atomic E-state index is 0.291. The van der Waals surface area contributed by atoms with Crippen molar-refractivity contribution >= 4 is 16.9 Å². The molecule has 1 atom stereocenters. The minimum Gasteiger partial charge on any atom is -0.546 e. The standard InChI is InChI=1S/C13H12O5/c1-2-10(13(15)16)17-9-5-3-8-4-6-12(14)18-11(8)7-9/h3-7,10H,2H2,1H3,(H,15,16)/p-1/t10-/m1/s1. The van der Waals surface area contributed by atoms with Crippen LogP contribution in [0.5, 0.6) is 5.75 Å². The van der Waals surface area contributed by atoms with E-state index in [0.29, 0.717) is 17.8 Å². The first kappa shape index (κ1) is 12.2. The molecule has 5 nitrogen and oxygen atoms in total. The van der Waals surface area contributed by atoms with Gasteiger partial charge in [-0.2, -0.15) is 0 Å². The Morgan fingerprint density at radius 2 is 2.11 bits per heavy atom. The zero-order valence-electron chi connectivity index (χ0n) is 9.71. The number of hydrogen-bond donors (Lipinski definition) is 0. The van der Waals surface area contributed by atoms with Crippen molar-refractivity contribution in [1.29, 1.82) is 0 Å². The second kappa shape index (κ2) is 4.91. The fourth-order valence-corrected chi connectivity index (χ4v) is 1.58. The lowest BCUT2D eigenvalue weighted by Crippen LogP contribution is -2.39. The molecule has 0 aliphatic rings. The number of aliphatic carboxylic acids is 1. The van der Waals surface area contributed by atoms with Crippen molar-refractivity contribution < 1.29 is 19.1 Å². The Morgan fingerprint density at radius 3 is 2.78 bits per heavy atom. The average Bonchev–Trinajstić information content (AvgIpc) is 2.35. The van der Waals surface area contributed by atoms with E-state index >= 15 is 0 Å². The summed E-state index contributed by atoms with van der Waals surface area (Å²) < 4.78 is 10.2. The number of carboxylic acids is 1. The Bertz CT molecular complexity index is 629. The molecular weight excluding hydrogens is 236 g/mol. The van der Waals surface area contributed by atoms with Gasteiger partial charge in [-0.25, -0.2) is 4.79 Å².